The molecule has 0 aliphatic rings. The van der Waals surface area contributed by atoms with Crippen molar-refractivity contribution in [2.24, 2.45) is 0 Å². The molecule has 0 saturated heterocycles. The van der Waals surface area contributed by atoms with Crippen LogP contribution in [0.5, 0.6) is 11.5 Å². The molecular formula is C27H23ClN2O5. The van der Waals surface area contributed by atoms with E-state index in [9.17, 15) is 14.9 Å². The molecule has 0 bridgehead atoms. The largest absolute Gasteiger partial charge is 0.493 e. The van der Waals surface area contributed by atoms with E-state index in [1.165, 1.54) is 25.3 Å². The number of amides is 1. The fourth-order valence-corrected chi connectivity index (χ4v) is 3.38. The second-order valence-electron chi connectivity index (χ2n) is 7.23. The van der Waals surface area contributed by atoms with Crippen LogP contribution in [0, 0.1) is 11.3 Å². The Balaban J connectivity index is 1.76. The van der Waals surface area contributed by atoms with E-state index in [1.54, 1.807) is 31.2 Å². The summed E-state index contributed by atoms with van der Waals surface area (Å²) in [6.07, 6.45) is 1.40. The van der Waals surface area contributed by atoms with Gasteiger partial charge in [0.25, 0.3) is 5.91 Å². The maximum atomic E-state index is 12.7. The first-order chi connectivity index (χ1) is 16.9. The highest BCUT2D eigenvalue weighted by Gasteiger charge is 2.15. The van der Waals surface area contributed by atoms with Crippen LogP contribution in [0.2, 0.25) is 5.02 Å². The quantitative estimate of drug-likeness (QED) is 0.236. The molecule has 3 aromatic rings. The van der Waals surface area contributed by atoms with Gasteiger partial charge in [-0.3, -0.25) is 4.79 Å². The minimum atomic E-state index is -0.615. The highest BCUT2D eigenvalue weighted by molar-refractivity contribution is 6.32. The number of benzene rings is 3. The van der Waals surface area contributed by atoms with Crippen LogP contribution in [-0.4, -0.2) is 25.6 Å². The lowest BCUT2D eigenvalue weighted by Gasteiger charge is -2.13. The predicted molar refractivity (Wildman–Crippen MR) is 133 cm³/mol. The van der Waals surface area contributed by atoms with Gasteiger partial charge in [0.1, 0.15) is 18.2 Å². The second kappa shape index (κ2) is 12.3. The number of nitrogens with one attached hydrogen (secondary N) is 1. The maximum Gasteiger partial charge on any atom is 0.338 e. The molecule has 7 nitrogen and oxygen atoms in total. The van der Waals surface area contributed by atoms with Gasteiger partial charge in [-0.05, 0) is 60.5 Å². The van der Waals surface area contributed by atoms with Gasteiger partial charge in [-0.1, -0.05) is 41.9 Å². The topological polar surface area (TPSA) is 97.7 Å². The molecule has 0 saturated carbocycles. The molecule has 0 fully saturated rings. The van der Waals surface area contributed by atoms with E-state index in [-0.39, 0.29) is 17.2 Å². The highest BCUT2D eigenvalue weighted by atomic mass is 35.5. The van der Waals surface area contributed by atoms with Crippen LogP contribution < -0.4 is 14.8 Å². The van der Waals surface area contributed by atoms with Crippen LogP contribution in [0.25, 0.3) is 6.08 Å². The number of carbonyl (C=O) groups excluding carboxylic acids is 2. The number of esters is 1. The van der Waals surface area contributed by atoms with Gasteiger partial charge >= 0.3 is 5.97 Å². The molecule has 0 spiro atoms. The van der Waals surface area contributed by atoms with Gasteiger partial charge in [0.2, 0.25) is 0 Å². The fourth-order valence-electron chi connectivity index (χ4n) is 3.11. The van der Waals surface area contributed by atoms with Crippen LogP contribution in [-0.2, 0) is 16.1 Å². The Morgan fingerprint density at radius 3 is 2.43 bits per heavy atom. The average Bonchev–Trinajstić information content (AvgIpc) is 2.87. The number of rotatable bonds is 9. The number of anilines is 1. The summed E-state index contributed by atoms with van der Waals surface area (Å²) in [5.74, 6) is -0.340. The fraction of sp³-hybridized carbons (Fsp3) is 0.148. The maximum absolute atomic E-state index is 12.7. The molecule has 0 aromatic heterocycles. The number of hydrogen-bond donors (Lipinski definition) is 1. The third-order valence-corrected chi connectivity index (χ3v) is 5.09. The number of halogens is 1. The van der Waals surface area contributed by atoms with Gasteiger partial charge in [0.05, 0.1) is 24.3 Å². The summed E-state index contributed by atoms with van der Waals surface area (Å²) in [5.41, 5.74) is 2.09. The van der Waals surface area contributed by atoms with E-state index in [2.05, 4.69) is 5.32 Å². The molecule has 0 aliphatic heterocycles. The molecule has 0 heterocycles. The predicted octanol–water partition coefficient (Wildman–Crippen LogP) is 5.65. The van der Waals surface area contributed by atoms with Crippen molar-refractivity contribution in [1.29, 1.82) is 5.26 Å². The Hall–Kier alpha value is -4.28. The number of nitriles is 1. The van der Waals surface area contributed by atoms with Crippen molar-refractivity contribution in [2.75, 3.05) is 19.0 Å². The van der Waals surface area contributed by atoms with Gasteiger partial charge in [-0.15, -0.1) is 0 Å². The van der Waals surface area contributed by atoms with Crippen molar-refractivity contribution in [3.05, 3.63) is 94.0 Å². The van der Waals surface area contributed by atoms with Gasteiger partial charge in [-0.25, -0.2) is 4.79 Å². The molecule has 1 amide bonds. The van der Waals surface area contributed by atoms with Crippen molar-refractivity contribution >= 4 is 35.2 Å². The van der Waals surface area contributed by atoms with Crippen LogP contribution in [0.4, 0.5) is 5.69 Å². The smallest absolute Gasteiger partial charge is 0.338 e. The average molecular weight is 491 g/mol. The summed E-state index contributed by atoms with van der Waals surface area (Å²) < 4.78 is 16.2. The number of carbonyl (C=O) groups is 2. The van der Waals surface area contributed by atoms with Crippen molar-refractivity contribution in [3.63, 3.8) is 0 Å². The summed E-state index contributed by atoms with van der Waals surface area (Å²) in [7, 11) is 1.48. The van der Waals surface area contributed by atoms with E-state index in [0.29, 0.717) is 34.9 Å². The standard InChI is InChI=1S/C27H23ClN2O5/c1-3-34-27(32)20-9-11-22(12-10-20)30-26(31)21(16-29)13-19-14-23(28)25(24(15-19)33-2)35-17-18-7-5-4-6-8-18/h4-15H,3,17H2,1-2H3,(H,30,31)/b21-13+. The lowest BCUT2D eigenvalue weighted by molar-refractivity contribution is -0.112. The zero-order valence-electron chi connectivity index (χ0n) is 19.2. The second-order valence-corrected chi connectivity index (χ2v) is 7.64. The molecule has 0 aliphatic carbocycles. The summed E-state index contributed by atoms with van der Waals surface area (Å²) in [6, 6.07) is 20.9. The number of ether oxygens (including phenoxy) is 3. The lowest BCUT2D eigenvalue weighted by atomic mass is 10.1. The van der Waals surface area contributed by atoms with E-state index in [1.807, 2.05) is 36.4 Å². The molecule has 0 radical (unpaired) electrons. The SMILES string of the molecule is CCOC(=O)c1ccc(NC(=O)/C(C#N)=C/c2cc(Cl)c(OCc3ccccc3)c(OC)c2)cc1. The summed E-state index contributed by atoms with van der Waals surface area (Å²) in [4.78, 5) is 24.4. The molecule has 8 heteroatoms. The minimum Gasteiger partial charge on any atom is -0.493 e. The van der Waals surface area contributed by atoms with Crippen molar-refractivity contribution in [2.45, 2.75) is 13.5 Å². The first kappa shape index (κ1) is 25.3. The first-order valence-corrected chi connectivity index (χ1v) is 11.1. The van der Waals surface area contributed by atoms with E-state index >= 15 is 0 Å². The van der Waals surface area contributed by atoms with Crippen molar-refractivity contribution < 1.29 is 23.8 Å². The van der Waals surface area contributed by atoms with Crippen LogP contribution in [0.15, 0.2) is 72.3 Å². The third-order valence-electron chi connectivity index (χ3n) is 4.81. The van der Waals surface area contributed by atoms with Crippen molar-refractivity contribution in [3.8, 4) is 17.6 Å². The highest BCUT2D eigenvalue weighted by Crippen LogP contribution is 2.37. The Morgan fingerprint density at radius 1 is 1.09 bits per heavy atom. The summed E-state index contributed by atoms with van der Waals surface area (Å²) in [6.45, 7) is 2.28. The summed E-state index contributed by atoms with van der Waals surface area (Å²) in [5, 5.41) is 12.5. The number of hydrogen-bond acceptors (Lipinski definition) is 6. The van der Waals surface area contributed by atoms with Crippen molar-refractivity contribution in [1.82, 2.24) is 0 Å². The molecular weight excluding hydrogens is 468 g/mol. The minimum absolute atomic E-state index is 0.143. The van der Waals surface area contributed by atoms with Gasteiger partial charge in [-0.2, -0.15) is 5.26 Å². The zero-order valence-corrected chi connectivity index (χ0v) is 20.0. The molecule has 35 heavy (non-hydrogen) atoms. The van der Waals surface area contributed by atoms with Crippen LogP contribution in [0.3, 0.4) is 0 Å². The molecule has 0 atom stereocenters. The third kappa shape index (κ3) is 6.85. The monoisotopic (exact) mass is 490 g/mol. The molecule has 3 aromatic carbocycles. The number of methoxy groups -OCH3 is 1. The normalized spacial score (nSPS) is 10.7. The Bertz CT molecular complexity index is 1270. The van der Waals surface area contributed by atoms with Crippen LogP contribution >= 0.6 is 11.6 Å². The van der Waals surface area contributed by atoms with E-state index in [4.69, 9.17) is 25.8 Å². The van der Waals surface area contributed by atoms with Gasteiger partial charge in [0, 0.05) is 5.69 Å². The Kier molecular flexibility index (Phi) is 8.88. The Labute approximate surface area is 208 Å². The van der Waals surface area contributed by atoms with Gasteiger partial charge in [0.15, 0.2) is 11.5 Å². The zero-order chi connectivity index (χ0) is 25.2. The molecule has 0 unspecified atom stereocenters. The molecule has 1 N–H and O–H groups in total. The Morgan fingerprint density at radius 2 is 1.80 bits per heavy atom. The van der Waals surface area contributed by atoms with Crippen LogP contribution in [0.1, 0.15) is 28.4 Å². The lowest BCUT2D eigenvalue weighted by Crippen LogP contribution is -2.13. The molecule has 178 valence electrons. The summed E-state index contributed by atoms with van der Waals surface area (Å²) >= 11 is 6.42. The molecule has 3 rings (SSSR count). The van der Waals surface area contributed by atoms with Gasteiger partial charge < -0.3 is 19.5 Å². The number of nitrogens with zero attached hydrogens (tertiary/aromatic N) is 1. The van der Waals surface area contributed by atoms with E-state index < -0.39 is 11.9 Å². The first-order valence-electron chi connectivity index (χ1n) is 10.7. The van der Waals surface area contributed by atoms with E-state index in [0.717, 1.165) is 5.56 Å².